The summed E-state index contributed by atoms with van der Waals surface area (Å²) in [6.45, 7) is 1.03. The van der Waals surface area contributed by atoms with Crippen LogP contribution in [-0.4, -0.2) is 26.8 Å². The van der Waals surface area contributed by atoms with E-state index >= 15 is 0 Å². The molecule has 0 aliphatic carbocycles. The van der Waals surface area contributed by atoms with Crippen molar-refractivity contribution in [2.75, 3.05) is 0 Å². The van der Waals surface area contributed by atoms with E-state index in [9.17, 15) is 34.8 Å². The highest BCUT2D eigenvalue weighted by molar-refractivity contribution is 7.91. The lowest BCUT2D eigenvalue weighted by Gasteiger charge is -2.30. The summed E-state index contributed by atoms with van der Waals surface area (Å²) in [5.74, 6) is -3.80. The molecule has 1 aromatic heterocycles. The summed E-state index contributed by atoms with van der Waals surface area (Å²) in [5, 5.41) is 0. The Morgan fingerprint density at radius 1 is 1.18 bits per heavy atom. The summed E-state index contributed by atoms with van der Waals surface area (Å²) in [7, 11) is -4.53. The van der Waals surface area contributed by atoms with Gasteiger partial charge in [-0.2, -0.15) is 26.3 Å². The third-order valence-corrected chi connectivity index (χ3v) is 5.88. The maximum atomic E-state index is 12.7. The van der Waals surface area contributed by atoms with Crippen LogP contribution >= 0.6 is 22.9 Å². The van der Waals surface area contributed by atoms with E-state index in [0.29, 0.717) is 11.3 Å². The minimum atomic E-state index is -5.63. The number of alkyl halides is 6. The maximum absolute atomic E-state index is 12.7. The summed E-state index contributed by atoms with van der Waals surface area (Å²) in [6, 6.07) is -0.198. The molecule has 0 saturated carbocycles. The van der Waals surface area contributed by atoms with Crippen molar-refractivity contribution in [3.8, 4) is 0 Å². The van der Waals surface area contributed by atoms with Crippen molar-refractivity contribution < 1.29 is 34.8 Å². The van der Waals surface area contributed by atoms with Crippen LogP contribution in [0.2, 0.25) is 4.34 Å². The molecule has 0 fully saturated rings. The molecule has 22 heavy (non-hydrogen) atoms. The third kappa shape index (κ3) is 4.74. The van der Waals surface area contributed by atoms with Crippen molar-refractivity contribution >= 4 is 33.0 Å². The van der Waals surface area contributed by atoms with Crippen LogP contribution in [0.5, 0.6) is 0 Å². The predicted octanol–water partition coefficient (Wildman–Crippen LogP) is 4.20. The average Bonchev–Trinajstić information content (AvgIpc) is 2.71. The van der Waals surface area contributed by atoms with Gasteiger partial charge in [0.1, 0.15) is 4.21 Å². The molecule has 0 unspecified atom stereocenters. The molecule has 1 atom stereocenters. The monoisotopic (exact) mass is 389 g/mol. The molecule has 0 aromatic carbocycles. The van der Waals surface area contributed by atoms with Gasteiger partial charge < -0.3 is 0 Å². The molecule has 0 saturated heterocycles. The fraction of sp³-hybridized carbons (Fsp3) is 0.600. The Kier molecular flexibility index (Phi) is 5.80. The SMILES string of the molecule is CC[C@@H](NS(=O)(=O)c1ccc(Cl)s1)C(C(F)(F)F)C(F)(F)F. The molecule has 1 N–H and O–H groups in total. The van der Waals surface area contributed by atoms with E-state index in [1.165, 1.54) is 10.8 Å². The molecule has 0 bridgehead atoms. The minimum absolute atomic E-state index is 0.0385. The topological polar surface area (TPSA) is 46.2 Å². The second-order valence-electron chi connectivity index (χ2n) is 4.26. The average molecular weight is 390 g/mol. The van der Waals surface area contributed by atoms with Gasteiger partial charge in [0.2, 0.25) is 10.0 Å². The molecule has 12 heteroatoms. The van der Waals surface area contributed by atoms with Gasteiger partial charge in [-0.25, -0.2) is 13.1 Å². The van der Waals surface area contributed by atoms with Gasteiger partial charge in [-0.15, -0.1) is 11.3 Å². The lowest BCUT2D eigenvalue weighted by atomic mass is 9.97. The normalized spacial score (nSPS) is 15.3. The van der Waals surface area contributed by atoms with Gasteiger partial charge in [0.15, 0.2) is 5.92 Å². The zero-order valence-electron chi connectivity index (χ0n) is 10.8. The Balaban J connectivity index is 3.15. The lowest BCUT2D eigenvalue weighted by Crippen LogP contribution is -2.52. The number of sulfonamides is 1. The van der Waals surface area contributed by atoms with Gasteiger partial charge in [0, 0.05) is 6.04 Å². The summed E-state index contributed by atoms with van der Waals surface area (Å²) in [4.78, 5) is 0. The van der Waals surface area contributed by atoms with E-state index in [-0.39, 0.29) is 4.34 Å². The third-order valence-electron chi connectivity index (χ3n) is 2.67. The fourth-order valence-electron chi connectivity index (χ4n) is 1.73. The summed E-state index contributed by atoms with van der Waals surface area (Å²) in [6.07, 6.45) is -12.0. The van der Waals surface area contributed by atoms with Crippen LogP contribution in [0.3, 0.4) is 0 Å². The first-order valence-corrected chi connectivity index (χ1v) is 8.38. The van der Waals surface area contributed by atoms with Crippen molar-refractivity contribution in [3.63, 3.8) is 0 Å². The number of hydrogen-bond acceptors (Lipinski definition) is 3. The largest absolute Gasteiger partial charge is 0.402 e. The maximum Gasteiger partial charge on any atom is 0.402 e. The van der Waals surface area contributed by atoms with Gasteiger partial charge in [-0.3, -0.25) is 0 Å². The Morgan fingerprint density at radius 3 is 2.00 bits per heavy atom. The van der Waals surface area contributed by atoms with Crippen LogP contribution in [0.1, 0.15) is 13.3 Å². The van der Waals surface area contributed by atoms with E-state index < -0.39 is 45.0 Å². The predicted molar refractivity (Wildman–Crippen MR) is 69.3 cm³/mol. The zero-order chi connectivity index (χ0) is 17.3. The van der Waals surface area contributed by atoms with Crippen molar-refractivity contribution in [1.29, 1.82) is 0 Å². The van der Waals surface area contributed by atoms with Crippen LogP contribution in [-0.2, 0) is 10.0 Å². The minimum Gasteiger partial charge on any atom is -0.206 e. The second-order valence-corrected chi connectivity index (χ2v) is 7.91. The van der Waals surface area contributed by atoms with Gasteiger partial charge in [-0.05, 0) is 18.6 Å². The number of nitrogens with one attached hydrogen (secondary N) is 1. The Labute approximate surface area is 131 Å². The molecule has 128 valence electrons. The summed E-state index contributed by atoms with van der Waals surface area (Å²) >= 11 is 6.04. The van der Waals surface area contributed by atoms with Crippen molar-refractivity contribution in [2.45, 2.75) is 35.9 Å². The lowest BCUT2D eigenvalue weighted by molar-refractivity contribution is -0.290. The van der Waals surface area contributed by atoms with E-state index in [2.05, 4.69) is 0 Å². The van der Waals surface area contributed by atoms with Gasteiger partial charge in [0.25, 0.3) is 0 Å². The molecule has 3 nitrogen and oxygen atoms in total. The Morgan fingerprint density at radius 2 is 1.68 bits per heavy atom. The van der Waals surface area contributed by atoms with Gasteiger partial charge in [0.05, 0.1) is 4.34 Å². The molecule has 0 amide bonds. The smallest absolute Gasteiger partial charge is 0.206 e. The van der Waals surface area contributed by atoms with Crippen LogP contribution in [0.25, 0.3) is 0 Å². The number of rotatable bonds is 5. The molecule has 0 radical (unpaired) electrons. The molecular weight excluding hydrogens is 380 g/mol. The number of thiophene rings is 1. The van der Waals surface area contributed by atoms with E-state index in [1.807, 2.05) is 0 Å². The fourth-order valence-corrected chi connectivity index (χ4v) is 4.56. The molecule has 1 rings (SSSR count). The quantitative estimate of drug-likeness (QED) is 0.767. The Bertz CT molecular complexity index is 596. The molecule has 0 aliphatic heterocycles. The first-order chi connectivity index (χ1) is 9.79. The first kappa shape index (κ1) is 19.5. The molecule has 1 heterocycles. The highest BCUT2D eigenvalue weighted by Gasteiger charge is 2.60. The standard InChI is InChI=1S/C10H10ClF6NO2S2/c1-2-5(8(9(12,13)14)10(15,16)17)18-22(19,20)7-4-3-6(11)21-7/h3-5,8,18H,2H2,1H3/t5-/m1/s1. The summed E-state index contributed by atoms with van der Waals surface area (Å²) in [5.41, 5.74) is 0. The van der Waals surface area contributed by atoms with E-state index in [0.717, 1.165) is 13.0 Å². The van der Waals surface area contributed by atoms with Crippen molar-refractivity contribution in [2.24, 2.45) is 5.92 Å². The Hall–Kier alpha value is -0.520. The van der Waals surface area contributed by atoms with Crippen LogP contribution < -0.4 is 4.72 Å². The highest BCUT2D eigenvalue weighted by atomic mass is 35.5. The molecule has 1 aromatic rings. The van der Waals surface area contributed by atoms with Gasteiger partial charge in [-0.1, -0.05) is 18.5 Å². The van der Waals surface area contributed by atoms with Gasteiger partial charge >= 0.3 is 12.4 Å². The second kappa shape index (κ2) is 6.54. The van der Waals surface area contributed by atoms with E-state index in [1.54, 1.807) is 0 Å². The van der Waals surface area contributed by atoms with Crippen LogP contribution in [0.15, 0.2) is 16.3 Å². The number of hydrogen-bond donors (Lipinski definition) is 1. The van der Waals surface area contributed by atoms with Crippen LogP contribution in [0, 0.1) is 5.92 Å². The molecule has 0 spiro atoms. The number of halogens is 7. The van der Waals surface area contributed by atoms with E-state index in [4.69, 9.17) is 11.6 Å². The van der Waals surface area contributed by atoms with Crippen molar-refractivity contribution in [1.82, 2.24) is 4.72 Å². The molecular formula is C10H10ClF6NO2S2. The van der Waals surface area contributed by atoms with Crippen LogP contribution in [0.4, 0.5) is 26.3 Å². The highest BCUT2D eigenvalue weighted by Crippen LogP contribution is 2.42. The first-order valence-electron chi connectivity index (χ1n) is 5.70. The summed E-state index contributed by atoms with van der Waals surface area (Å²) < 4.78 is 101. The van der Waals surface area contributed by atoms with Crippen molar-refractivity contribution in [3.05, 3.63) is 16.5 Å². The molecule has 0 aliphatic rings. The zero-order valence-corrected chi connectivity index (χ0v) is 13.2.